The third-order valence-electron chi connectivity index (χ3n) is 8.44. The SMILES string of the molecule is C#C[Si](C)(C)C.Cc1cc(Br)ccc1-c1cc2nc(C(=O)N(C)C)cc(C)n2n1.Cc1cc(C#C[Si](C)(C)C)ccc1-c1cc2nc(C(=O)N(C)C)cc(C)n2n1. The van der Waals surface area contributed by atoms with Crippen LogP contribution in [0, 0.1) is 51.1 Å². The summed E-state index contributed by atoms with van der Waals surface area (Å²) in [6.07, 6.45) is 5.12. The van der Waals surface area contributed by atoms with E-state index in [-0.39, 0.29) is 11.8 Å². The number of hydrogen-bond acceptors (Lipinski definition) is 6. The lowest BCUT2D eigenvalue weighted by Gasteiger charge is -2.10. The molecule has 0 aliphatic rings. The maximum atomic E-state index is 12.3. The Hall–Kier alpha value is -5.35. The van der Waals surface area contributed by atoms with Gasteiger partial charge in [-0.25, -0.2) is 19.0 Å². The molecule has 4 aromatic heterocycles. The molecule has 0 spiro atoms. The first-order valence-electron chi connectivity index (χ1n) is 18.5. The number of benzene rings is 2. The van der Waals surface area contributed by atoms with Gasteiger partial charge in [-0.15, -0.1) is 17.5 Å². The highest BCUT2D eigenvalue weighted by molar-refractivity contribution is 9.10. The number of hydrogen-bond donors (Lipinski definition) is 0. The Morgan fingerprint density at radius 2 is 1.07 bits per heavy atom. The fourth-order valence-electron chi connectivity index (χ4n) is 5.39. The molecule has 0 saturated heterocycles. The molecule has 0 radical (unpaired) electrons. The van der Waals surface area contributed by atoms with Gasteiger partial charge >= 0.3 is 0 Å². The quantitative estimate of drug-likeness (QED) is 0.130. The number of amides is 2. The molecule has 296 valence electrons. The van der Waals surface area contributed by atoms with Crippen molar-refractivity contribution in [3.63, 3.8) is 0 Å². The van der Waals surface area contributed by atoms with Gasteiger partial charge in [-0.2, -0.15) is 10.2 Å². The van der Waals surface area contributed by atoms with Crippen LogP contribution in [0.5, 0.6) is 0 Å². The van der Waals surface area contributed by atoms with Crippen molar-refractivity contribution in [3.8, 4) is 45.9 Å². The highest BCUT2D eigenvalue weighted by Gasteiger charge is 2.17. The highest BCUT2D eigenvalue weighted by Crippen LogP contribution is 2.27. The molecule has 0 aliphatic carbocycles. The van der Waals surface area contributed by atoms with Gasteiger partial charge in [0.2, 0.25) is 0 Å². The zero-order chi connectivity index (χ0) is 42.6. The van der Waals surface area contributed by atoms with Gasteiger partial charge in [-0.1, -0.05) is 73.3 Å². The standard InChI is InChI=1S/C22H26N4OSi.C17H17BrN4O.C5H10Si/c1-15-12-17(10-11-28(5,6)7)8-9-18(15)19-14-21-23-20(22(27)25(3)4)13-16(2)26(21)24-19;1-10-7-12(18)5-6-13(10)14-9-16-19-15(17(23)21(3)4)8-11(2)22(16)20-14;1-5-6(2,3)4/h8-9,12-14H,1-7H3;5-9H,1-4H3;1H,2-4H3. The van der Waals surface area contributed by atoms with E-state index in [9.17, 15) is 9.59 Å². The van der Waals surface area contributed by atoms with E-state index in [0.717, 1.165) is 55.1 Å². The number of carbonyl (C=O) groups excluding carboxylic acids is 2. The summed E-state index contributed by atoms with van der Waals surface area (Å²) in [5.74, 6) is 3.07. The summed E-state index contributed by atoms with van der Waals surface area (Å²) in [4.78, 5) is 36.4. The Kier molecular flexibility index (Phi) is 13.9. The van der Waals surface area contributed by atoms with Crippen LogP contribution in [0.3, 0.4) is 0 Å². The van der Waals surface area contributed by atoms with Crippen LogP contribution in [-0.2, 0) is 0 Å². The van der Waals surface area contributed by atoms with Crippen molar-refractivity contribution in [3.05, 3.63) is 105 Å². The van der Waals surface area contributed by atoms with Crippen LogP contribution < -0.4 is 0 Å². The van der Waals surface area contributed by atoms with Crippen LogP contribution in [0.4, 0.5) is 0 Å². The third-order valence-corrected chi connectivity index (χ3v) is 10.7. The molecule has 2 amide bonds. The summed E-state index contributed by atoms with van der Waals surface area (Å²) in [6, 6.07) is 19.7. The molecule has 6 aromatic rings. The van der Waals surface area contributed by atoms with Crippen molar-refractivity contribution in [1.29, 1.82) is 0 Å². The zero-order valence-corrected chi connectivity index (χ0v) is 39.2. The number of aryl methyl sites for hydroxylation is 4. The van der Waals surface area contributed by atoms with Crippen LogP contribution in [0.1, 0.15) is 49.1 Å². The lowest BCUT2D eigenvalue weighted by molar-refractivity contribution is 0.0815. The largest absolute Gasteiger partial charge is 0.343 e. The zero-order valence-electron chi connectivity index (χ0n) is 35.6. The number of carbonyl (C=O) groups is 2. The number of rotatable bonds is 4. The molecule has 4 heterocycles. The number of terminal acetylenes is 1. The maximum Gasteiger partial charge on any atom is 0.272 e. The Labute approximate surface area is 347 Å². The maximum absolute atomic E-state index is 12.3. The monoisotopic (exact) mass is 860 g/mol. The second-order valence-corrected chi connectivity index (χ2v) is 26.9. The molecule has 2 aromatic carbocycles. The third kappa shape index (κ3) is 11.6. The summed E-state index contributed by atoms with van der Waals surface area (Å²) in [5, 5.41) is 9.34. The predicted molar refractivity (Wildman–Crippen MR) is 242 cm³/mol. The van der Waals surface area contributed by atoms with E-state index in [1.807, 2.05) is 51.1 Å². The van der Waals surface area contributed by atoms with Gasteiger partial charge in [0.15, 0.2) is 11.3 Å². The van der Waals surface area contributed by atoms with E-state index in [1.165, 1.54) is 9.80 Å². The normalized spacial score (nSPS) is 11.1. The molecule has 0 atom stereocenters. The molecule has 0 bridgehead atoms. The minimum absolute atomic E-state index is 0.113. The predicted octanol–water partition coefficient (Wildman–Crippen LogP) is 8.92. The molecule has 0 aliphatic heterocycles. The summed E-state index contributed by atoms with van der Waals surface area (Å²) in [5.41, 5.74) is 17.2. The molecule has 0 N–H and O–H groups in total. The summed E-state index contributed by atoms with van der Waals surface area (Å²) < 4.78 is 4.58. The second kappa shape index (κ2) is 17.8. The molecule has 57 heavy (non-hydrogen) atoms. The van der Waals surface area contributed by atoms with Crippen molar-refractivity contribution in [2.75, 3.05) is 28.2 Å². The Balaban J connectivity index is 0.000000224. The Morgan fingerprint density at radius 1 is 0.649 bits per heavy atom. The van der Waals surface area contributed by atoms with E-state index in [0.29, 0.717) is 22.7 Å². The van der Waals surface area contributed by atoms with E-state index in [4.69, 9.17) is 11.5 Å². The lowest BCUT2D eigenvalue weighted by Crippen LogP contribution is -2.23. The molecule has 0 unspecified atom stereocenters. The topological polar surface area (TPSA) is 101 Å². The molecule has 13 heteroatoms. The average Bonchev–Trinajstić information content (AvgIpc) is 3.75. The summed E-state index contributed by atoms with van der Waals surface area (Å²) in [7, 11) is 4.38. The fourth-order valence-corrected chi connectivity index (χ4v) is 6.39. The van der Waals surface area contributed by atoms with Gasteiger partial charge in [0.05, 0.1) is 11.4 Å². The van der Waals surface area contributed by atoms with Crippen LogP contribution >= 0.6 is 15.9 Å². The average molecular weight is 862 g/mol. The van der Waals surface area contributed by atoms with Crippen LogP contribution in [-0.4, -0.2) is 95.1 Å². The number of halogens is 1. The first kappa shape index (κ1) is 44.4. The van der Waals surface area contributed by atoms with E-state index in [1.54, 1.807) is 49.4 Å². The first-order chi connectivity index (χ1) is 26.5. The Morgan fingerprint density at radius 3 is 1.44 bits per heavy atom. The van der Waals surface area contributed by atoms with E-state index in [2.05, 4.69) is 112 Å². The van der Waals surface area contributed by atoms with Gasteiger partial charge in [0, 0.05) is 72.9 Å². The number of aromatic nitrogens is 6. The molecule has 6 rings (SSSR count). The summed E-state index contributed by atoms with van der Waals surface area (Å²) >= 11 is 3.47. The fraction of sp³-hybridized carbons (Fsp3) is 0.318. The van der Waals surface area contributed by atoms with Gasteiger partial charge in [0.1, 0.15) is 27.5 Å². The first-order valence-corrected chi connectivity index (χ1v) is 26.3. The van der Waals surface area contributed by atoms with Gasteiger partial charge in [0.25, 0.3) is 11.8 Å². The summed E-state index contributed by atoms with van der Waals surface area (Å²) in [6.45, 7) is 21.1. The van der Waals surface area contributed by atoms with Crippen LogP contribution in [0.2, 0.25) is 39.3 Å². The molecular formula is C44H53BrN8O2Si2. The van der Waals surface area contributed by atoms with Crippen molar-refractivity contribution in [2.45, 2.75) is 67.0 Å². The molecule has 0 saturated carbocycles. The van der Waals surface area contributed by atoms with Crippen molar-refractivity contribution in [1.82, 2.24) is 39.0 Å². The second-order valence-electron chi connectivity index (χ2n) is 16.4. The van der Waals surface area contributed by atoms with Crippen LogP contribution in [0.25, 0.3) is 33.8 Å². The molecule has 10 nitrogen and oxygen atoms in total. The molecule has 0 fully saturated rings. The van der Waals surface area contributed by atoms with Crippen molar-refractivity contribution in [2.24, 2.45) is 0 Å². The van der Waals surface area contributed by atoms with Gasteiger partial charge in [-0.05, 0) is 75.2 Å². The number of nitrogens with zero attached hydrogens (tertiary/aromatic N) is 8. The smallest absolute Gasteiger partial charge is 0.272 e. The van der Waals surface area contributed by atoms with Crippen molar-refractivity contribution >= 4 is 55.2 Å². The van der Waals surface area contributed by atoms with E-state index >= 15 is 0 Å². The van der Waals surface area contributed by atoms with E-state index < -0.39 is 16.1 Å². The minimum atomic E-state index is -1.40. The number of fused-ring (bicyclic) bond motifs is 2. The van der Waals surface area contributed by atoms with Crippen LogP contribution in [0.15, 0.2) is 65.1 Å². The van der Waals surface area contributed by atoms with Gasteiger partial charge < -0.3 is 9.80 Å². The molecular weight excluding hydrogens is 809 g/mol. The Bertz CT molecular complexity index is 2580. The van der Waals surface area contributed by atoms with Crippen molar-refractivity contribution < 1.29 is 9.59 Å². The highest BCUT2D eigenvalue weighted by atomic mass is 79.9. The van der Waals surface area contributed by atoms with Gasteiger partial charge in [-0.3, -0.25) is 9.59 Å². The lowest BCUT2D eigenvalue weighted by atomic mass is 10.0. The minimum Gasteiger partial charge on any atom is -0.343 e.